The van der Waals surface area contributed by atoms with Gasteiger partial charge in [0.25, 0.3) is 5.91 Å². The maximum atomic E-state index is 12.9. The fourth-order valence-corrected chi connectivity index (χ4v) is 3.39. The van der Waals surface area contributed by atoms with Gasteiger partial charge < -0.3 is 14.8 Å². The van der Waals surface area contributed by atoms with Crippen LogP contribution in [0.15, 0.2) is 60.8 Å². The number of amides is 1. The summed E-state index contributed by atoms with van der Waals surface area (Å²) in [5.41, 5.74) is 3.91. The van der Waals surface area contributed by atoms with Gasteiger partial charge in [-0.2, -0.15) is 0 Å². The quantitative estimate of drug-likeness (QED) is 0.489. The Hall–Kier alpha value is -3.38. The molecular formula is C25H25ClN2O4. The van der Waals surface area contributed by atoms with Gasteiger partial charge in [-0.3, -0.25) is 4.79 Å². The minimum Gasteiger partial charge on any atom is -0.477 e. The first-order chi connectivity index (χ1) is 15.4. The van der Waals surface area contributed by atoms with Crippen LogP contribution in [0.2, 0.25) is 5.02 Å². The second-order valence-corrected chi connectivity index (χ2v) is 7.78. The SMILES string of the molecule is COC(=O)c1ccc([C@H](C)NC(=O)c2cc(Cl)cnc2OCCc2ccccc2C)cc1. The fourth-order valence-electron chi connectivity index (χ4n) is 3.24. The minimum atomic E-state index is -0.411. The molecule has 0 aliphatic heterocycles. The predicted octanol–water partition coefficient (Wildman–Crippen LogP) is 4.94. The van der Waals surface area contributed by atoms with Gasteiger partial charge in [-0.1, -0.05) is 48.0 Å². The van der Waals surface area contributed by atoms with Crippen molar-refractivity contribution in [1.29, 1.82) is 0 Å². The number of ether oxygens (including phenoxy) is 2. The number of carbonyl (C=O) groups is 2. The molecule has 0 unspecified atom stereocenters. The molecule has 3 rings (SSSR count). The van der Waals surface area contributed by atoms with Crippen LogP contribution in [-0.2, 0) is 11.2 Å². The summed E-state index contributed by atoms with van der Waals surface area (Å²) in [6.45, 7) is 4.28. The summed E-state index contributed by atoms with van der Waals surface area (Å²) in [6.07, 6.45) is 2.15. The van der Waals surface area contributed by atoms with Gasteiger partial charge in [0.15, 0.2) is 0 Å². The Kier molecular flexibility index (Phi) is 7.84. The van der Waals surface area contributed by atoms with Crippen LogP contribution in [0.25, 0.3) is 0 Å². The first kappa shape index (κ1) is 23.3. The molecule has 1 aromatic heterocycles. The molecule has 1 heterocycles. The molecule has 0 aliphatic carbocycles. The summed E-state index contributed by atoms with van der Waals surface area (Å²) in [7, 11) is 1.33. The molecule has 0 saturated heterocycles. The van der Waals surface area contributed by atoms with Crippen molar-refractivity contribution >= 4 is 23.5 Å². The third-order valence-corrected chi connectivity index (χ3v) is 5.32. The largest absolute Gasteiger partial charge is 0.477 e. The van der Waals surface area contributed by atoms with Crippen molar-refractivity contribution in [1.82, 2.24) is 10.3 Å². The number of pyridine rings is 1. The molecule has 0 bridgehead atoms. The average Bonchev–Trinajstić information content (AvgIpc) is 2.80. The van der Waals surface area contributed by atoms with Crippen molar-refractivity contribution < 1.29 is 19.1 Å². The van der Waals surface area contributed by atoms with Gasteiger partial charge in [0.1, 0.15) is 5.56 Å². The number of halogens is 1. The molecule has 2 aromatic carbocycles. The summed E-state index contributed by atoms with van der Waals surface area (Å²) in [5, 5.41) is 3.27. The van der Waals surface area contributed by atoms with Gasteiger partial charge >= 0.3 is 5.97 Å². The molecule has 6 nitrogen and oxygen atoms in total. The summed E-state index contributed by atoms with van der Waals surface area (Å²) in [5.74, 6) is -0.533. The Labute approximate surface area is 192 Å². The maximum Gasteiger partial charge on any atom is 0.337 e. The van der Waals surface area contributed by atoms with Gasteiger partial charge in [-0.25, -0.2) is 9.78 Å². The number of methoxy groups -OCH3 is 1. The van der Waals surface area contributed by atoms with Crippen LogP contribution in [0.1, 0.15) is 50.4 Å². The van der Waals surface area contributed by atoms with E-state index in [1.54, 1.807) is 30.3 Å². The van der Waals surface area contributed by atoms with Gasteiger partial charge in [-0.15, -0.1) is 0 Å². The number of hydrogen-bond donors (Lipinski definition) is 1. The van der Waals surface area contributed by atoms with Gasteiger partial charge in [0.05, 0.1) is 30.3 Å². The molecule has 1 N–H and O–H groups in total. The first-order valence-corrected chi connectivity index (χ1v) is 10.6. The molecule has 0 saturated carbocycles. The summed E-state index contributed by atoms with van der Waals surface area (Å²) >= 11 is 6.08. The van der Waals surface area contributed by atoms with E-state index in [2.05, 4.69) is 16.4 Å². The molecule has 166 valence electrons. The van der Waals surface area contributed by atoms with Crippen LogP contribution in [0.3, 0.4) is 0 Å². The highest BCUT2D eigenvalue weighted by atomic mass is 35.5. The van der Waals surface area contributed by atoms with E-state index in [1.165, 1.54) is 24.4 Å². The van der Waals surface area contributed by atoms with Crippen LogP contribution in [0, 0.1) is 6.92 Å². The number of nitrogens with one attached hydrogen (secondary N) is 1. The lowest BCUT2D eigenvalue weighted by atomic mass is 10.1. The number of esters is 1. The molecular weight excluding hydrogens is 428 g/mol. The number of carbonyl (C=O) groups excluding carboxylic acids is 2. The monoisotopic (exact) mass is 452 g/mol. The number of aryl methyl sites for hydroxylation is 1. The van der Waals surface area contributed by atoms with E-state index in [4.69, 9.17) is 21.1 Å². The highest BCUT2D eigenvalue weighted by molar-refractivity contribution is 6.30. The topological polar surface area (TPSA) is 77.5 Å². The zero-order chi connectivity index (χ0) is 23.1. The zero-order valence-corrected chi connectivity index (χ0v) is 19.0. The van der Waals surface area contributed by atoms with Gasteiger partial charge in [-0.05, 0) is 48.7 Å². The predicted molar refractivity (Wildman–Crippen MR) is 123 cm³/mol. The van der Waals surface area contributed by atoms with Gasteiger partial charge in [0.2, 0.25) is 5.88 Å². The zero-order valence-electron chi connectivity index (χ0n) is 18.2. The summed E-state index contributed by atoms with van der Waals surface area (Å²) < 4.78 is 10.5. The molecule has 0 radical (unpaired) electrons. The third kappa shape index (κ3) is 5.86. The van der Waals surface area contributed by atoms with E-state index < -0.39 is 5.97 Å². The van der Waals surface area contributed by atoms with E-state index in [-0.39, 0.29) is 23.4 Å². The smallest absolute Gasteiger partial charge is 0.337 e. The summed E-state index contributed by atoms with van der Waals surface area (Å²) in [6, 6.07) is 16.2. The van der Waals surface area contributed by atoms with Crippen LogP contribution < -0.4 is 10.1 Å². The number of nitrogens with zero attached hydrogens (tertiary/aromatic N) is 1. The van der Waals surface area contributed by atoms with Crippen molar-refractivity contribution in [2.45, 2.75) is 26.3 Å². The van der Waals surface area contributed by atoms with Crippen molar-refractivity contribution in [2.24, 2.45) is 0 Å². The Bertz CT molecular complexity index is 1100. The van der Waals surface area contributed by atoms with Crippen molar-refractivity contribution in [2.75, 3.05) is 13.7 Å². The molecule has 0 aliphatic rings. The Balaban J connectivity index is 1.68. The Morgan fingerprint density at radius 3 is 2.53 bits per heavy atom. The minimum absolute atomic E-state index is 0.230. The van der Waals surface area contributed by atoms with E-state index in [9.17, 15) is 9.59 Å². The van der Waals surface area contributed by atoms with Crippen LogP contribution in [0.5, 0.6) is 5.88 Å². The first-order valence-electron chi connectivity index (χ1n) is 10.2. The van der Waals surface area contributed by atoms with E-state index in [0.717, 1.165) is 5.56 Å². The average molecular weight is 453 g/mol. The lowest BCUT2D eigenvalue weighted by Gasteiger charge is -2.16. The lowest BCUT2D eigenvalue weighted by molar-refractivity contribution is 0.0600. The fraction of sp³-hybridized carbons (Fsp3) is 0.240. The molecule has 1 amide bonds. The standard InChI is InChI=1S/C25H25ClN2O4/c1-16-6-4-5-7-18(16)12-13-32-24-22(14-21(26)15-27-24)23(29)28-17(2)19-8-10-20(11-9-19)25(30)31-3/h4-11,14-15,17H,12-13H2,1-3H3,(H,28,29)/t17-/m0/s1. The molecule has 7 heteroatoms. The van der Waals surface area contributed by atoms with E-state index >= 15 is 0 Å². The number of benzene rings is 2. The lowest BCUT2D eigenvalue weighted by Crippen LogP contribution is -2.27. The highest BCUT2D eigenvalue weighted by Crippen LogP contribution is 2.22. The van der Waals surface area contributed by atoms with Gasteiger partial charge in [0, 0.05) is 12.6 Å². The maximum absolute atomic E-state index is 12.9. The van der Waals surface area contributed by atoms with Crippen LogP contribution in [0.4, 0.5) is 0 Å². The van der Waals surface area contributed by atoms with Crippen molar-refractivity contribution in [3.8, 4) is 5.88 Å². The third-order valence-electron chi connectivity index (χ3n) is 5.11. The normalized spacial score (nSPS) is 11.5. The molecule has 0 spiro atoms. The molecule has 1 atom stereocenters. The van der Waals surface area contributed by atoms with E-state index in [1.807, 2.05) is 32.0 Å². The molecule has 32 heavy (non-hydrogen) atoms. The number of aromatic nitrogens is 1. The highest BCUT2D eigenvalue weighted by Gasteiger charge is 2.18. The van der Waals surface area contributed by atoms with Crippen molar-refractivity contribution in [3.63, 3.8) is 0 Å². The van der Waals surface area contributed by atoms with Crippen molar-refractivity contribution in [3.05, 3.63) is 93.6 Å². The molecule has 3 aromatic rings. The second kappa shape index (κ2) is 10.8. The number of rotatable bonds is 8. The van der Waals surface area contributed by atoms with Crippen LogP contribution >= 0.6 is 11.6 Å². The Morgan fingerprint density at radius 1 is 1.12 bits per heavy atom. The van der Waals surface area contributed by atoms with Crippen LogP contribution in [-0.4, -0.2) is 30.6 Å². The second-order valence-electron chi connectivity index (χ2n) is 7.34. The summed E-state index contributed by atoms with van der Waals surface area (Å²) in [4.78, 5) is 28.8. The van der Waals surface area contributed by atoms with E-state index in [0.29, 0.717) is 23.6 Å². The molecule has 0 fully saturated rings. The Morgan fingerprint density at radius 2 is 1.84 bits per heavy atom. The number of hydrogen-bond acceptors (Lipinski definition) is 5.